The molecule has 0 amide bonds. The Morgan fingerprint density at radius 3 is 2.38 bits per heavy atom. The van der Waals surface area contributed by atoms with Crippen LogP contribution in [0, 0.1) is 0 Å². The van der Waals surface area contributed by atoms with Gasteiger partial charge in [0.1, 0.15) is 0 Å². The van der Waals surface area contributed by atoms with Crippen LogP contribution in [-0.2, 0) is 0 Å². The van der Waals surface area contributed by atoms with E-state index in [1.165, 1.54) is 12.8 Å². The fourth-order valence-electron chi connectivity index (χ4n) is 2.45. The molecule has 0 aromatic carbocycles. The largest absolute Gasteiger partial charge is 0.395 e. The first-order chi connectivity index (χ1) is 6.33. The summed E-state index contributed by atoms with van der Waals surface area (Å²) in [6, 6.07) is 0.990. The van der Waals surface area contributed by atoms with Crippen LogP contribution in [0.1, 0.15) is 32.1 Å². The molecule has 2 rings (SSSR count). The van der Waals surface area contributed by atoms with Crippen molar-refractivity contribution < 1.29 is 10.2 Å². The van der Waals surface area contributed by atoms with Crippen LogP contribution in [-0.4, -0.2) is 46.5 Å². The van der Waals surface area contributed by atoms with Gasteiger partial charge >= 0.3 is 0 Å². The molecule has 2 aliphatic rings. The first-order valence-electron chi connectivity index (χ1n) is 5.37. The van der Waals surface area contributed by atoms with Gasteiger partial charge in [0, 0.05) is 18.6 Å². The molecule has 3 nitrogen and oxygen atoms in total. The van der Waals surface area contributed by atoms with Crippen molar-refractivity contribution in [3.8, 4) is 0 Å². The molecule has 0 bridgehead atoms. The second-order valence-corrected chi connectivity index (χ2v) is 4.26. The van der Waals surface area contributed by atoms with Gasteiger partial charge in [0.05, 0.1) is 12.7 Å². The Labute approximate surface area is 79.4 Å². The Bertz CT molecular complexity index is 170. The Hall–Kier alpha value is -0.120. The Balaban J connectivity index is 1.92. The van der Waals surface area contributed by atoms with Crippen molar-refractivity contribution in [1.82, 2.24) is 4.90 Å². The number of aliphatic hydroxyl groups excluding tert-OH is 2. The van der Waals surface area contributed by atoms with E-state index in [1.54, 1.807) is 0 Å². The van der Waals surface area contributed by atoms with Crippen molar-refractivity contribution in [3.63, 3.8) is 0 Å². The van der Waals surface area contributed by atoms with E-state index in [4.69, 9.17) is 5.11 Å². The molecule has 2 N–H and O–H groups in total. The molecular formula is C10H19NO2. The van der Waals surface area contributed by atoms with Gasteiger partial charge in [-0.05, 0) is 32.1 Å². The van der Waals surface area contributed by atoms with Crippen LogP contribution < -0.4 is 0 Å². The smallest absolute Gasteiger partial charge is 0.0695 e. The van der Waals surface area contributed by atoms with Gasteiger partial charge < -0.3 is 10.2 Å². The van der Waals surface area contributed by atoms with Crippen LogP contribution in [0.5, 0.6) is 0 Å². The van der Waals surface area contributed by atoms with Crippen LogP contribution in [0.4, 0.5) is 0 Å². The van der Waals surface area contributed by atoms with Gasteiger partial charge in [-0.3, -0.25) is 4.90 Å². The second-order valence-electron chi connectivity index (χ2n) is 4.26. The molecule has 0 radical (unpaired) electrons. The van der Waals surface area contributed by atoms with Gasteiger partial charge in [0.2, 0.25) is 0 Å². The highest BCUT2D eigenvalue weighted by Gasteiger charge is 2.38. The zero-order valence-corrected chi connectivity index (χ0v) is 8.02. The Morgan fingerprint density at radius 1 is 1.15 bits per heavy atom. The molecule has 2 saturated carbocycles. The second kappa shape index (κ2) is 3.95. The lowest BCUT2D eigenvalue weighted by atomic mass is 10.1. The number of hydrogen-bond donors (Lipinski definition) is 2. The van der Waals surface area contributed by atoms with Crippen molar-refractivity contribution >= 4 is 0 Å². The fourth-order valence-corrected chi connectivity index (χ4v) is 2.45. The van der Waals surface area contributed by atoms with Crippen molar-refractivity contribution in [2.75, 3.05) is 13.2 Å². The lowest BCUT2D eigenvalue weighted by Gasteiger charge is -2.30. The number of hydrogen-bond acceptors (Lipinski definition) is 3. The summed E-state index contributed by atoms with van der Waals surface area (Å²) in [5.74, 6) is 0. The summed E-state index contributed by atoms with van der Waals surface area (Å²) in [5.41, 5.74) is 0. The predicted molar refractivity (Wildman–Crippen MR) is 50.5 cm³/mol. The highest BCUT2D eigenvalue weighted by Crippen LogP contribution is 2.34. The first kappa shape index (κ1) is 9.44. The molecule has 0 aliphatic heterocycles. The van der Waals surface area contributed by atoms with E-state index in [0.29, 0.717) is 12.1 Å². The molecule has 2 atom stereocenters. The zero-order chi connectivity index (χ0) is 9.26. The van der Waals surface area contributed by atoms with E-state index in [0.717, 1.165) is 25.8 Å². The van der Waals surface area contributed by atoms with Crippen LogP contribution in [0.25, 0.3) is 0 Å². The third-order valence-corrected chi connectivity index (χ3v) is 3.24. The molecule has 0 spiro atoms. The van der Waals surface area contributed by atoms with E-state index in [9.17, 15) is 5.11 Å². The van der Waals surface area contributed by atoms with E-state index in [1.807, 2.05) is 0 Å². The van der Waals surface area contributed by atoms with Crippen molar-refractivity contribution in [2.24, 2.45) is 0 Å². The molecule has 3 heteroatoms. The third-order valence-electron chi connectivity index (χ3n) is 3.24. The maximum absolute atomic E-state index is 9.74. The molecule has 13 heavy (non-hydrogen) atoms. The topological polar surface area (TPSA) is 43.7 Å². The average Bonchev–Trinajstić information content (AvgIpc) is 2.86. The number of aliphatic hydroxyl groups is 2. The average molecular weight is 185 g/mol. The fraction of sp³-hybridized carbons (Fsp3) is 1.00. The van der Waals surface area contributed by atoms with Crippen LogP contribution in [0.15, 0.2) is 0 Å². The summed E-state index contributed by atoms with van der Waals surface area (Å²) in [7, 11) is 0. The van der Waals surface area contributed by atoms with Gasteiger partial charge in [-0.2, -0.15) is 0 Å². The Morgan fingerprint density at radius 2 is 1.92 bits per heavy atom. The van der Waals surface area contributed by atoms with Gasteiger partial charge in [-0.15, -0.1) is 0 Å². The van der Waals surface area contributed by atoms with Gasteiger partial charge in [0.15, 0.2) is 0 Å². The quantitative estimate of drug-likeness (QED) is 0.664. The molecule has 0 heterocycles. The monoisotopic (exact) mass is 185 g/mol. The maximum Gasteiger partial charge on any atom is 0.0695 e. The molecule has 2 unspecified atom stereocenters. The van der Waals surface area contributed by atoms with Crippen molar-refractivity contribution in [1.29, 1.82) is 0 Å². The minimum atomic E-state index is -0.146. The van der Waals surface area contributed by atoms with Gasteiger partial charge in [-0.25, -0.2) is 0 Å². The van der Waals surface area contributed by atoms with Crippen LogP contribution in [0.3, 0.4) is 0 Å². The molecule has 2 aliphatic carbocycles. The highest BCUT2D eigenvalue weighted by molar-refractivity contribution is 4.93. The zero-order valence-electron chi connectivity index (χ0n) is 8.02. The Kier molecular flexibility index (Phi) is 2.86. The summed E-state index contributed by atoms with van der Waals surface area (Å²) in [6.07, 6.45) is 5.55. The van der Waals surface area contributed by atoms with E-state index in [-0.39, 0.29) is 12.7 Å². The number of rotatable bonds is 4. The standard InChI is InChI=1S/C10H19NO2/c12-7-6-11(8-4-5-8)9-2-1-3-10(9)13/h8-10,12-13H,1-7H2. The SMILES string of the molecule is OCCN(C1CC1)C1CCCC1O. The molecule has 0 aromatic heterocycles. The summed E-state index contributed by atoms with van der Waals surface area (Å²) < 4.78 is 0. The lowest BCUT2D eigenvalue weighted by molar-refractivity contribution is 0.0542. The molecule has 0 aromatic rings. The minimum Gasteiger partial charge on any atom is -0.395 e. The first-order valence-corrected chi connectivity index (χ1v) is 5.37. The van der Waals surface area contributed by atoms with Gasteiger partial charge in [-0.1, -0.05) is 0 Å². The van der Waals surface area contributed by atoms with Crippen LogP contribution >= 0.6 is 0 Å². The lowest BCUT2D eigenvalue weighted by Crippen LogP contribution is -2.43. The molecule has 76 valence electrons. The summed E-state index contributed by atoms with van der Waals surface area (Å²) in [6.45, 7) is 0.964. The van der Waals surface area contributed by atoms with E-state index in [2.05, 4.69) is 4.90 Å². The molecule has 0 saturated heterocycles. The third kappa shape index (κ3) is 2.03. The summed E-state index contributed by atoms with van der Waals surface area (Å²) in [4.78, 5) is 2.32. The van der Waals surface area contributed by atoms with Crippen LogP contribution in [0.2, 0.25) is 0 Å². The highest BCUT2D eigenvalue weighted by atomic mass is 16.3. The predicted octanol–water partition coefficient (Wildman–Crippen LogP) is 0.356. The minimum absolute atomic E-state index is 0.146. The summed E-state index contributed by atoms with van der Waals surface area (Å²) in [5, 5.41) is 18.7. The summed E-state index contributed by atoms with van der Waals surface area (Å²) >= 11 is 0. The van der Waals surface area contributed by atoms with Gasteiger partial charge in [0.25, 0.3) is 0 Å². The maximum atomic E-state index is 9.74. The van der Waals surface area contributed by atoms with E-state index >= 15 is 0 Å². The molecule has 2 fully saturated rings. The number of nitrogens with zero attached hydrogens (tertiary/aromatic N) is 1. The normalized spacial score (nSPS) is 34.4. The molecular weight excluding hydrogens is 166 g/mol. The van der Waals surface area contributed by atoms with E-state index < -0.39 is 0 Å². The van der Waals surface area contributed by atoms with Crippen molar-refractivity contribution in [3.05, 3.63) is 0 Å². The van der Waals surface area contributed by atoms with Crippen molar-refractivity contribution in [2.45, 2.75) is 50.3 Å².